The number of aromatic nitrogens is 4. The summed E-state index contributed by atoms with van der Waals surface area (Å²) in [6.45, 7) is 0. The molecule has 11 heteroatoms. The molecule has 4 aromatic heterocycles. The molecule has 0 aliphatic heterocycles. The molecule has 4 heterocycles. The summed E-state index contributed by atoms with van der Waals surface area (Å²) in [6, 6.07) is 9.04. The van der Waals surface area contributed by atoms with Gasteiger partial charge in [0, 0.05) is 41.5 Å². The molecule has 0 atom stereocenters. The SMILES string of the molecule is O=S(=O)(NC1CCC(Nc2nc(Cl)cc(-c3c[nH]c4ncccc34)n2)CC1)c1cccs1. The Labute approximate surface area is 194 Å². The molecular formula is C21H21ClN6O2S2. The second-order valence-corrected chi connectivity index (χ2v) is 11.0. The van der Waals surface area contributed by atoms with Crippen LogP contribution in [0.1, 0.15) is 25.7 Å². The lowest BCUT2D eigenvalue weighted by Crippen LogP contribution is -2.40. The number of hydrogen-bond donors (Lipinski definition) is 3. The molecular weight excluding hydrogens is 468 g/mol. The Hall–Kier alpha value is -2.53. The number of nitrogens with one attached hydrogen (secondary N) is 3. The van der Waals surface area contributed by atoms with Crippen molar-refractivity contribution >= 4 is 49.9 Å². The van der Waals surface area contributed by atoms with Crippen LogP contribution in [0.25, 0.3) is 22.3 Å². The van der Waals surface area contributed by atoms with Gasteiger partial charge in [0.1, 0.15) is 15.0 Å². The van der Waals surface area contributed by atoms with Crippen LogP contribution in [0.2, 0.25) is 5.15 Å². The lowest BCUT2D eigenvalue weighted by molar-refractivity contribution is 0.386. The van der Waals surface area contributed by atoms with Gasteiger partial charge in [0.15, 0.2) is 0 Å². The molecule has 1 saturated carbocycles. The quantitative estimate of drug-likeness (QED) is 0.346. The van der Waals surface area contributed by atoms with Gasteiger partial charge in [-0.05, 0) is 49.3 Å². The van der Waals surface area contributed by atoms with Crippen LogP contribution in [0.15, 0.2) is 52.3 Å². The molecule has 1 fully saturated rings. The number of pyridine rings is 1. The van der Waals surface area contributed by atoms with E-state index in [0.29, 0.717) is 21.0 Å². The zero-order chi connectivity index (χ0) is 22.1. The van der Waals surface area contributed by atoms with Crippen molar-refractivity contribution in [2.45, 2.75) is 42.0 Å². The maximum Gasteiger partial charge on any atom is 0.250 e. The Kier molecular flexibility index (Phi) is 5.85. The maximum absolute atomic E-state index is 12.5. The van der Waals surface area contributed by atoms with Crippen molar-refractivity contribution in [3.05, 3.63) is 53.3 Å². The molecule has 1 aliphatic carbocycles. The van der Waals surface area contributed by atoms with Gasteiger partial charge in [-0.15, -0.1) is 11.3 Å². The molecule has 32 heavy (non-hydrogen) atoms. The van der Waals surface area contributed by atoms with Crippen LogP contribution < -0.4 is 10.0 Å². The average Bonchev–Trinajstić information content (AvgIpc) is 3.45. The zero-order valence-corrected chi connectivity index (χ0v) is 19.3. The number of rotatable bonds is 6. The molecule has 1 aliphatic rings. The molecule has 0 saturated heterocycles. The first-order valence-electron chi connectivity index (χ1n) is 10.3. The number of fused-ring (bicyclic) bond motifs is 1. The van der Waals surface area contributed by atoms with Crippen molar-refractivity contribution in [2.24, 2.45) is 0 Å². The van der Waals surface area contributed by atoms with Crippen LogP contribution in [-0.2, 0) is 10.0 Å². The van der Waals surface area contributed by atoms with Crippen molar-refractivity contribution in [3.8, 4) is 11.3 Å². The van der Waals surface area contributed by atoms with Gasteiger partial charge in [0.05, 0.1) is 5.69 Å². The van der Waals surface area contributed by atoms with E-state index in [0.717, 1.165) is 42.3 Å². The van der Waals surface area contributed by atoms with Crippen molar-refractivity contribution in [1.29, 1.82) is 0 Å². The highest BCUT2D eigenvalue weighted by Gasteiger charge is 2.26. The lowest BCUT2D eigenvalue weighted by atomic mass is 9.92. The van der Waals surface area contributed by atoms with Crippen molar-refractivity contribution in [1.82, 2.24) is 24.7 Å². The van der Waals surface area contributed by atoms with Crippen LogP contribution in [0.5, 0.6) is 0 Å². The third kappa shape index (κ3) is 4.49. The predicted octanol–water partition coefficient (Wildman–Crippen LogP) is 4.44. The van der Waals surface area contributed by atoms with E-state index in [4.69, 9.17) is 11.6 Å². The van der Waals surface area contributed by atoms with Crippen LogP contribution >= 0.6 is 22.9 Å². The second-order valence-electron chi connectivity index (χ2n) is 7.75. The van der Waals surface area contributed by atoms with Gasteiger partial charge in [0.2, 0.25) is 16.0 Å². The van der Waals surface area contributed by atoms with E-state index in [9.17, 15) is 8.42 Å². The van der Waals surface area contributed by atoms with Crippen LogP contribution in [0.4, 0.5) is 5.95 Å². The van der Waals surface area contributed by atoms with Gasteiger partial charge in [-0.1, -0.05) is 17.7 Å². The van der Waals surface area contributed by atoms with Gasteiger partial charge in [-0.2, -0.15) is 0 Å². The first-order chi connectivity index (χ1) is 15.5. The average molecular weight is 489 g/mol. The predicted molar refractivity (Wildman–Crippen MR) is 126 cm³/mol. The number of hydrogen-bond acceptors (Lipinski definition) is 7. The highest BCUT2D eigenvalue weighted by atomic mass is 35.5. The van der Waals surface area contributed by atoms with E-state index in [1.165, 1.54) is 11.3 Å². The van der Waals surface area contributed by atoms with E-state index in [2.05, 4.69) is 30.0 Å². The van der Waals surface area contributed by atoms with Crippen molar-refractivity contribution in [3.63, 3.8) is 0 Å². The van der Waals surface area contributed by atoms with E-state index in [1.807, 2.05) is 18.3 Å². The summed E-state index contributed by atoms with van der Waals surface area (Å²) in [6.07, 6.45) is 6.69. The van der Waals surface area contributed by atoms with Crippen LogP contribution in [0, 0.1) is 0 Å². The summed E-state index contributed by atoms with van der Waals surface area (Å²) in [4.78, 5) is 16.5. The van der Waals surface area contributed by atoms with E-state index in [-0.39, 0.29) is 12.1 Å². The Morgan fingerprint density at radius 2 is 1.91 bits per heavy atom. The summed E-state index contributed by atoms with van der Waals surface area (Å²) in [5, 5.41) is 6.46. The van der Waals surface area contributed by atoms with Crippen molar-refractivity contribution < 1.29 is 8.42 Å². The van der Waals surface area contributed by atoms with Gasteiger partial charge in [0.25, 0.3) is 0 Å². The molecule has 5 rings (SSSR count). The summed E-state index contributed by atoms with van der Waals surface area (Å²) >= 11 is 7.51. The highest BCUT2D eigenvalue weighted by Crippen LogP contribution is 2.29. The first kappa shape index (κ1) is 21.3. The lowest BCUT2D eigenvalue weighted by Gasteiger charge is -2.29. The van der Waals surface area contributed by atoms with E-state index in [1.54, 1.807) is 29.8 Å². The Morgan fingerprint density at radius 1 is 1.09 bits per heavy atom. The number of H-pyrrole nitrogens is 1. The topological polar surface area (TPSA) is 113 Å². The standard InChI is InChI=1S/C21H21ClN6O2S2/c22-18-11-17(16-12-24-20-15(16)3-1-9-23-20)26-21(27-18)25-13-5-7-14(8-6-13)28-32(29,30)19-4-2-10-31-19/h1-4,9-14,28H,5-8H2,(H,23,24)(H,25,26,27). The number of nitrogens with zero attached hydrogens (tertiary/aromatic N) is 3. The maximum atomic E-state index is 12.5. The minimum absolute atomic E-state index is 0.0743. The van der Waals surface area contributed by atoms with E-state index < -0.39 is 10.0 Å². The third-order valence-corrected chi connectivity index (χ3v) is 8.68. The summed E-state index contributed by atoms with van der Waals surface area (Å²) in [5.41, 5.74) is 2.41. The molecule has 3 N–H and O–H groups in total. The molecule has 0 aromatic carbocycles. The fourth-order valence-corrected chi connectivity index (χ4v) is 6.52. The molecule has 8 nitrogen and oxygen atoms in total. The Bertz CT molecular complexity index is 1330. The highest BCUT2D eigenvalue weighted by molar-refractivity contribution is 7.91. The number of halogens is 1. The molecule has 0 amide bonds. The Balaban J connectivity index is 1.26. The molecule has 4 aromatic rings. The van der Waals surface area contributed by atoms with Crippen LogP contribution in [-0.4, -0.2) is 40.4 Å². The third-order valence-electron chi connectivity index (χ3n) is 5.56. The fraction of sp³-hybridized carbons (Fsp3) is 0.286. The normalized spacial score (nSPS) is 19.3. The minimum Gasteiger partial charge on any atom is -0.351 e. The van der Waals surface area contributed by atoms with Gasteiger partial charge in [-0.25, -0.2) is 28.1 Å². The second kappa shape index (κ2) is 8.78. The van der Waals surface area contributed by atoms with E-state index >= 15 is 0 Å². The zero-order valence-electron chi connectivity index (χ0n) is 17.0. The number of sulfonamides is 1. The monoisotopic (exact) mass is 488 g/mol. The van der Waals surface area contributed by atoms with Gasteiger partial charge >= 0.3 is 0 Å². The van der Waals surface area contributed by atoms with Crippen LogP contribution in [0.3, 0.4) is 0 Å². The number of thiophene rings is 1. The summed E-state index contributed by atoms with van der Waals surface area (Å²) < 4.78 is 28.1. The van der Waals surface area contributed by atoms with Gasteiger partial charge < -0.3 is 10.3 Å². The molecule has 0 bridgehead atoms. The number of anilines is 1. The Morgan fingerprint density at radius 3 is 2.69 bits per heavy atom. The van der Waals surface area contributed by atoms with Gasteiger partial charge in [-0.3, -0.25) is 0 Å². The summed E-state index contributed by atoms with van der Waals surface area (Å²) in [5.74, 6) is 0.466. The van der Waals surface area contributed by atoms with Crippen molar-refractivity contribution in [2.75, 3.05) is 5.32 Å². The smallest absolute Gasteiger partial charge is 0.250 e. The molecule has 0 unspecified atom stereocenters. The fourth-order valence-electron chi connectivity index (χ4n) is 4.02. The number of aromatic amines is 1. The molecule has 166 valence electrons. The summed E-state index contributed by atoms with van der Waals surface area (Å²) in [7, 11) is -3.45. The minimum atomic E-state index is -3.45. The largest absolute Gasteiger partial charge is 0.351 e. The first-order valence-corrected chi connectivity index (χ1v) is 13.0. The molecule has 0 spiro atoms. The molecule has 0 radical (unpaired) electrons.